The Morgan fingerprint density at radius 1 is 1.21 bits per heavy atom. The standard InChI is InChI=1S/C15H23NO3/c1-4-18-12-8-11(10(3)16)9-13(19-5-2)14(12)15(17)6-7-15/h8-10,17H,4-7,16H2,1-3H3/t10-/m1/s1. The predicted octanol–water partition coefficient (Wildman–Crippen LogP) is 2.49. The van der Waals surface area contributed by atoms with E-state index in [-0.39, 0.29) is 6.04 Å². The van der Waals surface area contributed by atoms with E-state index in [1.807, 2.05) is 32.9 Å². The Morgan fingerprint density at radius 3 is 2.00 bits per heavy atom. The molecule has 0 heterocycles. The summed E-state index contributed by atoms with van der Waals surface area (Å²) in [6.45, 7) is 6.89. The minimum Gasteiger partial charge on any atom is -0.493 e. The van der Waals surface area contributed by atoms with Crippen LogP contribution in [0.25, 0.3) is 0 Å². The van der Waals surface area contributed by atoms with Crippen LogP contribution in [-0.2, 0) is 5.60 Å². The Morgan fingerprint density at radius 2 is 1.68 bits per heavy atom. The smallest absolute Gasteiger partial charge is 0.129 e. The number of nitrogens with two attached hydrogens (primary N) is 1. The molecule has 1 aliphatic carbocycles. The molecular formula is C15H23NO3. The number of rotatable bonds is 6. The SMILES string of the molecule is CCOc1cc([C@@H](C)N)cc(OCC)c1C1(O)CC1. The van der Waals surface area contributed by atoms with E-state index in [1.54, 1.807) is 0 Å². The molecule has 0 spiro atoms. The molecule has 4 heteroatoms. The average molecular weight is 265 g/mol. The van der Waals surface area contributed by atoms with Crippen LogP contribution in [0, 0.1) is 0 Å². The second-order valence-corrected chi connectivity index (χ2v) is 5.08. The van der Waals surface area contributed by atoms with E-state index in [4.69, 9.17) is 15.2 Å². The molecule has 1 saturated carbocycles. The van der Waals surface area contributed by atoms with E-state index in [0.29, 0.717) is 24.7 Å². The summed E-state index contributed by atoms with van der Waals surface area (Å²) in [6.07, 6.45) is 1.51. The molecule has 0 amide bonds. The predicted molar refractivity (Wildman–Crippen MR) is 74.5 cm³/mol. The molecule has 1 aliphatic rings. The summed E-state index contributed by atoms with van der Waals surface area (Å²) in [5, 5.41) is 10.5. The zero-order valence-corrected chi connectivity index (χ0v) is 11.9. The molecule has 0 radical (unpaired) electrons. The molecular weight excluding hydrogens is 242 g/mol. The van der Waals surface area contributed by atoms with Crippen molar-refractivity contribution in [1.29, 1.82) is 0 Å². The Bertz CT molecular complexity index is 426. The van der Waals surface area contributed by atoms with Crippen molar-refractivity contribution in [2.24, 2.45) is 5.73 Å². The Labute approximate surface area is 114 Å². The normalized spacial score (nSPS) is 17.9. The van der Waals surface area contributed by atoms with Crippen LogP contribution in [0.1, 0.15) is 50.8 Å². The van der Waals surface area contributed by atoms with Crippen molar-refractivity contribution in [3.8, 4) is 11.5 Å². The van der Waals surface area contributed by atoms with Crippen LogP contribution in [-0.4, -0.2) is 18.3 Å². The van der Waals surface area contributed by atoms with Crippen molar-refractivity contribution in [3.63, 3.8) is 0 Å². The van der Waals surface area contributed by atoms with Gasteiger partial charge in [0.15, 0.2) is 0 Å². The number of hydrogen-bond acceptors (Lipinski definition) is 4. The maximum absolute atomic E-state index is 10.5. The van der Waals surface area contributed by atoms with E-state index in [9.17, 15) is 5.11 Å². The lowest BCUT2D eigenvalue weighted by atomic mass is 9.99. The minimum absolute atomic E-state index is 0.0960. The molecule has 0 unspecified atom stereocenters. The molecule has 106 valence electrons. The van der Waals surface area contributed by atoms with E-state index in [1.165, 1.54) is 0 Å². The maximum Gasteiger partial charge on any atom is 0.129 e. The third-order valence-electron chi connectivity index (χ3n) is 3.40. The van der Waals surface area contributed by atoms with Gasteiger partial charge in [0, 0.05) is 6.04 Å². The minimum atomic E-state index is -0.786. The lowest BCUT2D eigenvalue weighted by molar-refractivity contribution is 0.140. The summed E-state index contributed by atoms with van der Waals surface area (Å²) in [6, 6.07) is 3.74. The van der Waals surface area contributed by atoms with Crippen LogP contribution in [0.15, 0.2) is 12.1 Å². The zero-order valence-electron chi connectivity index (χ0n) is 11.9. The lowest BCUT2D eigenvalue weighted by Gasteiger charge is -2.21. The van der Waals surface area contributed by atoms with Gasteiger partial charge in [-0.05, 0) is 51.3 Å². The van der Waals surface area contributed by atoms with Crippen LogP contribution in [0.4, 0.5) is 0 Å². The van der Waals surface area contributed by atoms with Gasteiger partial charge in [-0.1, -0.05) is 0 Å². The summed E-state index contributed by atoms with van der Waals surface area (Å²) in [5.41, 5.74) is 6.90. The van der Waals surface area contributed by atoms with Gasteiger partial charge >= 0.3 is 0 Å². The van der Waals surface area contributed by atoms with Gasteiger partial charge in [0.25, 0.3) is 0 Å². The number of aliphatic hydroxyl groups is 1. The molecule has 4 nitrogen and oxygen atoms in total. The molecule has 0 saturated heterocycles. The highest BCUT2D eigenvalue weighted by Crippen LogP contribution is 2.53. The fourth-order valence-electron chi connectivity index (χ4n) is 2.24. The lowest BCUT2D eigenvalue weighted by Crippen LogP contribution is -2.14. The summed E-state index contributed by atoms with van der Waals surface area (Å²) < 4.78 is 11.4. The summed E-state index contributed by atoms with van der Waals surface area (Å²) in [4.78, 5) is 0. The maximum atomic E-state index is 10.5. The highest BCUT2D eigenvalue weighted by Gasteiger charge is 2.46. The third kappa shape index (κ3) is 2.85. The summed E-state index contributed by atoms with van der Waals surface area (Å²) >= 11 is 0. The number of ether oxygens (including phenoxy) is 2. The largest absolute Gasteiger partial charge is 0.493 e. The van der Waals surface area contributed by atoms with E-state index < -0.39 is 5.60 Å². The molecule has 2 rings (SSSR count). The third-order valence-corrected chi connectivity index (χ3v) is 3.40. The van der Waals surface area contributed by atoms with E-state index >= 15 is 0 Å². The first-order valence-corrected chi connectivity index (χ1v) is 6.93. The molecule has 3 N–H and O–H groups in total. The highest BCUT2D eigenvalue weighted by atomic mass is 16.5. The van der Waals surface area contributed by atoms with E-state index in [2.05, 4.69) is 0 Å². The average Bonchev–Trinajstić information content (AvgIpc) is 3.08. The molecule has 0 bridgehead atoms. The summed E-state index contributed by atoms with van der Waals surface area (Å²) in [5.74, 6) is 1.39. The van der Waals surface area contributed by atoms with Crippen molar-refractivity contribution >= 4 is 0 Å². The van der Waals surface area contributed by atoms with Crippen molar-refractivity contribution in [2.75, 3.05) is 13.2 Å². The first-order valence-electron chi connectivity index (χ1n) is 6.93. The topological polar surface area (TPSA) is 64.7 Å². The second kappa shape index (κ2) is 5.39. The Kier molecular flexibility index (Phi) is 4.02. The van der Waals surface area contributed by atoms with Crippen LogP contribution >= 0.6 is 0 Å². The fraction of sp³-hybridized carbons (Fsp3) is 0.600. The Balaban J connectivity index is 2.53. The van der Waals surface area contributed by atoms with Crippen molar-refractivity contribution in [2.45, 2.75) is 45.3 Å². The van der Waals surface area contributed by atoms with Crippen molar-refractivity contribution < 1.29 is 14.6 Å². The number of benzene rings is 1. The fourth-order valence-corrected chi connectivity index (χ4v) is 2.24. The zero-order chi connectivity index (χ0) is 14.0. The van der Waals surface area contributed by atoms with Crippen LogP contribution in [0.5, 0.6) is 11.5 Å². The van der Waals surface area contributed by atoms with Crippen LogP contribution < -0.4 is 15.2 Å². The first-order chi connectivity index (χ1) is 9.01. The Hall–Kier alpha value is -1.26. The van der Waals surface area contributed by atoms with Gasteiger partial charge in [0.2, 0.25) is 0 Å². The summed E-state index contributed by atoms with van der Waals surface area (Å²) in [7, 11) is 0. The highest BCUT2D eigenvalue weighted by molar-refractivity contribution is 5.53. The van der Waals surface area contributed by atoms with Crippen molar-refractivity contribution in [1.82, 2.24) is 0 Å². The monoisotopic (exact) mass is 265 g/mol. The molecule has 0 aromatic heterocycles. The van der Waals surface area contributed by atoms with Gasteiger partial charge in [-0.15, -0.1) is 0 Å². The number of hydrogen-bond donors (Lipinski definition) is 2. The molecule has 0 aliphatic heterocycles. The van der Waals surface area contributed by atoms with E-state index in [0.717, 1.165) is 24.0 Å². The van der Waals surface area contributed by atoms with Gasteiger partial charge in [-0.25, -0.2) is 0 Å². The van der Waals surface area contributed by atoms with Gasteiger partial charge < -0.3 is 20.3 Å². The molecule has 19 heavy (non-hydrogen) atoms. The van der Waals surface area contributed by atoms with Gasteiger partial charge in [-0.2, -0.15) is 0 Å². The quantitative estimate of drug-likeness (QED) is 0.829. The first kappa shape index (κ1) is 14.2. The van der Waals surface area contributed by atoms with Gasteiger partial charge in [0.05, 0.1) is 24.4 Å². The van der Waals surface area contributed by atoms with Gasteiger partial charge in [-0.3, -0.25) is 0 Å². The molecule has 1 aromatic carbocycles. The molecule has 1 aromatic rings. The molecule has 1 atom stereocenters. The van der Waals surface area contributed by atoms with Crippen LogP contribution in [0.3, 0.4) is 0 Å². The van der Waals surface area contributed by atoms with Crippen LogP contribution in [0.2, 0.25) is 0 Å². The van der Waals surface area contributed by atoms with Crippen molar-refractivity contribution in [3.05, 3.63) is 23.3 Å². The van der Waals surface area contributed by atoms with Gasteiger partial charge in [0.1, 0.15) is 11.5 Å². The molecule has 1 fully saturated rings. The second-order valence-electron chi connectivity index (χ2n) is 5.08.